The highest BCUT2D eigenvalue weighted by molar-refractivity contribution is 6.10. The molecule has 0 saturated carbocycles. The van der Waals surface area contributed by atoms with Crippen molar-refractivity contribution in [3.05, 3.63) is 253 Å². The molecule has 12 rings (SSSR count). The molecule has 9 aromatic carbocycles. The van der Waals surface area contributed by atoms with Gasteiger partial charge < -0.3 is 4.57 Å². The third kappa shape index (κ3) is 5.58. The maximum atomic E-state index is 5.26. The van der Waals surface area contributed by atoms with Gasteiger partial charge in [0.15, 0.2) is 17.5 Å². The largest absolute Gasteiger partial charge is 0.309 e. The molecule has 0 aliphatic heterocycles. The summed E-state index contributed by atoms with van der Waals surface area (Å²) in [5.74, 6) is 1.92. The van der Waals surface area contributed by atoms with Gasteiger partial charge in [-0.05, 0) is 80.9 Å². The van der Waals surface area contributed by atoms with Crippen molar-refractivity contribution in [1.82, 2.24) is 19.5 Å². The fourth-order valence-electron chi connectivity index (χ4n) is 9.84. The normalized spacial score (nSPS) is 12.6. The summed E-state index contributed by atoms with van der Waals surface area (Å²) in [5, 5.41) is 2.46. The van der Waals surface area contributed by atoms with E-state index in [0.29, 0.717) is 17.5 Å². The van der Waals surface area contributed by atoms with Gasteiger partial charge >= 0.3 is 0 Å². The second kappa shape index (κ2) is 14.5. The van der Waals surface area contributed by atoms with E-state index in [1.54, 1.807) is 0 Å². The van der Waals surface area contributed by atoms with E-state index >= 15 is 0 Å². The number of para-hydroxylation sites is 2. The van der Waals surface area contributed by atoms with E-state index in [-0.39, 0.29) is 0 Å². The molecule has 11 aromatic rings. The third-order valence-electron chi connectivity index (χ3n) is 12.5. The van der Waals surface area contributed by atoms with E-state index in [9.17, 15) is 0 Å². The Morgan fingerprint density at radius 1 is 0.323 bits per heavy atom. The van der Waals surface area contributed by atoms with Crippen LogP contribution >= 0.6 is 0 Å². The van der Waals surface area contributed by atoms with Crippen molar-refractivity contribution in [1.29, 1.82) is 0 Å². The van der Waals surface area contributed by atoms with Crippen molar-refractivity contribution in [2.45, 2.75) is 5.41 Å². The van der Waals surface area contributed by atoms with Crippen LogP contribution in [0.5, 0.6) is 0 Å². The van der Waals surface area contributed by atoms with Crippen LogP contribution in [-0.4, -0.2) is 19.5 Å². The molecule has 0 spiro atoms. The maximum Gasteiger partial charge on any atom is 0.164 e. The van der Waals surface area contributed by atoms with Gasteiger partial charge in [-0.2, -0.15) is 0 Å². The van der Waals surface area contributed by atoms with Gasteiger partial charge in [0.2, 0.25) is 0 Å². The van der Waals surface area contributed by atoms with E-state index in [2.05, 4.69) is 199 Å². The molecule has 1 aliphatic carbocycles. The summed E-state index contributed by atoms with van der Waals surface area (Å²) in [4.78, 5) is 15.6. The van der Waals surface area contributed by atoms with Gasteiger partial charge in [0.05, 0.1) is 16.4 Å². The van der Waals surface area contributed by atoms with Crippen LogP contribution in [0.1, 0.15) is 22.3 Å². The average molecular weight is 791 g/mol. The molecule has 0 amide bonds. The predicted molar refractivity (Wildman–Crippen MR) is 253 cm³/mol. The van der Waals surface area contributed by atoms with Crippen LogP contribution in [-0.2, 0) is 5.41 Å². The number of nitrogens with zero attached hydrogens (tertiary/aromatic N) is 4. The Balaban J connectivity index is 1.12. The lowest BCUT2D eigenvalue weighted by Gasteiger charge is -2.34. The van der Waals surface area contributed by atoms with E-state index in [4.69, 9.17) is 15.0 Å². The van der Waals surface area contributed by atoms with Crippen molar-refractivity contribution in [2.24, 2.45) is 0 Å². The van der Waals surface area contributed by atoms with Crippen LogP contribution < -0.4 is 0 Å². The lowest BCUT2D eigenvalue weighted by Crippen LogP contribution is -2.28. The Kier molecular flexibility index (Phi) is 8.36. The molecule has 0 radical (unpaired) electrons. The number of benzene rings is 9. The van der Waals surface area contributed by atoms with Crippen molar-refractivity contribution in [3.63, 3.8) is 0 Å². The fourth-order valence-corrected chi connectivity index (χ4v) is 9.84. The van der Waals surface area contributed by atoms with E-state index in [1.165, 1.54) is 49.6 Å². The number of fused-ring (bicyclic) bond motifs is 6. The van der Waals surface area contributed by atoms with E-state index in [1.807, 2.05) is 36.4 Å². The lowest BCUT2D eigenvalue weighted by atomic mass is 9.67. The van der Waals surface area contributed by atoms with Gasteiger partial charge in [-0.25, -0.2) is 15.0 Å². The number of hydrogen-bond acceptors (Lipinski definition) is 3. The minimum atomic E-state index is -0.635. The molecule has 0 bridgehead atoms. The summed E-state index contributed by atoms with van der Waals surface area (Å²) >= 11 is 0. The molecular formula is C58H38N4. The highest BCUT2D eigenvalue weighted by atomic mass is 15.0. The van der Waals surface area contributed by atoms with Crippen LogP contribution in [0.3, 0.4) is 0 Å². The Morgan fingerprint density at radius 3 is 1.48 bits per heavy atom. The Bertz CT molecular complexity index is 3340. The first-order valence-corrected chi connectivity index (χ1v) is 21.1. The quantitative estimate of drug-likeness (QED) is 0.161. The molecule has 62 heavy (non-hydrogen) atoms. The van der Waals surface area contributed by atoms with Crippen molar-refractivity contribution < 1.29 is 0 Å². The second-order valence-corrected chi connectivity index (χ2v) is 15.9. The Morgan fingerprint density at radius 2 is 0.839 bits per heavy atom. The van der Waals surface area contributed by atoms with Crippen molar-refractivity contribution >= 4 is 21.8 Å². The summed E-state index contributed by atoms with van der Waals surface area (Å²) in [7, 11) is 0. The van der Waals surface area contributed by atoms with Crippen LogP contribution in [0.2, 0.25) is 0 Å². The molecule has 290 valence electrons. The van der Waals surface area contributed by atoms with Crippen molar-refractivity contribution in [2.75, 3.05) is 0 Å². The van der Waals surface area contributed by atoms with Gasteiger partial charge in [-0.15, -0.1) is 0 Å². The first kappa shape index (κ1) is 35.7. The number of hydrogen-bond donors (Lipinski definition) is 0. The minimum Gasteiger partial charge on any atom is -0.309 e. The average Bonchev–Trinajstić information content (AvgIpc) is 3.85. The first-order valence-electron chi connectivity index (χ1n) is 21.1. The summed E-state index contributed by atoms with van der Waals surface area (Å²) in [6.07, 6.45) is 0. The SMILES string of the molecule is c1ccc(-c2nc(-c3ccccc3)nc(-c3cccc4c3-c3ccc(-c5ccc6c(c5)c5ccccc5n6-c5ccccc5)cc3C4(c3ccccc3)c3ccccc3)n2)cc1. The van der Waals surface area contributed by atoms with Crippen LogP contribution in [0.25, 0.3) is 83.9 Å². The van der Waals surface area contributed by atoms with Gasteiger partial charge in [0.1, 0.15) is 0 Å². The summed E-state index contributed by atoms with van der Waals surface area (Å²) in [6, 6.07) is 82.4. The van der Waals surface area contributed by atoms with Crippen LogP contribution in [0.4, 0.5) is 0 Å². The molecule has 0 fully saturated rings. The standard InChI is InChI=1S/C58H38N4/c1-6-19-39(20-7-1)55-59-56(40-21-8-2-9-22-40)61-57(60-55)48-30-18-31-50-54(48)47-35-33-42(38-51(47)58(50,43-23-10-3-11-24-43)44-25-12-4-13-26-44)41-34-36-53-49(37-41)46-29-16-17-32-52(46)62(53)45-27-14-5-15-28-45/h1-38H. The monoisotopic (exact) mass is 790 g/mol. The Hall–Kier alpha value is -8.21. The Labute approximate surface area is 360 Å². The predicted octanol–water partition coefficient (Wildman–Crippen LogP) is 14.0. The molecule has 1 aliphatic rings. The molecule has 0 saturated heterocycles. The molecule has 2 heterocycles. The molecule has 4 heteroatoms. The molecule has 0 N–H and O–H groups in total. The maximum absolute atomic E-state index is 5.26. The molecule has 0 unspecified atom stereocenters. The summed E-state index contributed by atoms with van der Waals surface area (Å²) in [5.41, 5.74) is 15.2. The van der Waals surface area contributed by atoms with Crippen LogP contribution in [0.15, 0.2) is 231 Å². The fraction of sp³-hybridized carbons (Fsp3) is 0.0172. The minimum absolute atomic E-state index is 0.635. The van der Waals surface area contributed by atoms with Gasteiger partial charge in [-0.3, -0.25) is 0 Å². The lowest BCUT2D eigenvalue weighted by molar-refractivity contribution is 0.769. The van der Waals surface area contributed by atoms with Crippen molar-refractivity contribution in [3.8, 4) is 62.1 Å². The zero-order chi connectivity index (χ0) is 41.0. The van der Waals surface area contributed by atoms with E-state index in [0.717, 1.165) is 39.1 Å². The van der Waals surface area contributed by atoms with Gasteiger partial charge in [0, 0.05) is 33.2 Å². The molecule has 2 aromatic heterocycles. The molecule has 0 atom stereocenters. The summed E-state index contributed by atoms with van der Waals surface area (Å²) < 4.78 is 2.37. The third-order valence-corrected chi connectivity index (χ3v) is 12.5. The topological polar surface area (TPSA) is 43.6 Å². The highest BCUT2D eigenvalue weighted by Crippen LogP contribution is 2.58. The van der Waals surface area contributed by atoms with Gasteiger partial charge in [0.25, 0.3) is 0 Å². The van der Waals surface area contributed by atoms with E-state index < -0.39 is 5.41 Å². The zero-order valence-electron chi connectivity index (χ0n) is 33.7. The molecule has 4 nitrogen and oxygen atoms in total. The first-order chi connectivity index (χ1) is 30.8. The zero-order valence-corrected chi connectivity index (χ0v) is 33.7. The number of rotatable bonds is 7. The highest BCUT2D eigenvalue weighted by Gasteiger charge is 2.47. The summed E-state index contributed by atoms with van der Waals surface area (Å²) in [6.45, 7) is 0. The van der Waals surface area contributed by atoms with Gasteiger partial charge in [-0.1, -0.05) is 194 Å². The second-order valence-electron chi connectivity index (χ2n) is 15.9. The van der Waals surface area contributed by atoms with Crippen LogP contribution in [0, 0.1) is 0 Å². The molecular weight excluding hydrogens is 753 g/mol. The number of aromatic nitrogens is 4. The smallest absolute Gasteiger partial charge is 0.164 e.